The quantitative estimate of drug-likeness (QED) is 0.701. The summed E-state index contributed by atoms with van der Waals surface area (Å²) in [6.45, 7) is 4.45. The molecule has 1 aromatic rings. The fourth-order valence-corrected chi connectivity index (χ4v) is 2.07. The maximum atomic E-state index is 11.1. The Morgan fingerprint density at radius 1 is 1.64 bits per heavy atom. The second-order valence-electron chi connectivity index (χ2n) is 3.30. The minimum absolute atomic E-state index is 0.0884. The van der Waals surface area contributed by atoms with Crippen molar-refractivity contribution in [1.29, 1.82) is 0 Å². The highest BCUT2D eigenvalue weighted by Gasteiger charge is 2.09. The highest BCUT2D eigenvalue weighted by Crippen LogP contribution is 2.22. The summed E-state index contributed by atoms with van der Waals surface area (Å²) in [5.41, 5.74) is 1.32. The van der Waals surface area contributed by atoms with Gasteiger partial charge in [-0.25, -0.2) is 0 Å². The fraction of sp³-hybridized carbons (Fsp3) is 0.545. The molecule has 1 heterocycles. The number of esters is 1. The highest BCUT2D eigenvalue weighted by atomic mass is 32.1. The molecule has 0 radical (unpaired) electrons. The van der Waals surface area contributed by atoms with Crippen molar-refractivity contribution in [1.82, 2.24) is 0 Å². The summed E-state index contributed by atoms with van der Waals surface area (Å²) in [5, 5.41) is 4.20. The van der Waals surface area contributed by atoms with Crippen molar-refractivity contribution in [3.63, 3.8) is 0 Å². The van der Waals surface area contributed by atoms with Crippen molar-refractivity contribution in [2.75, 3.05) is 6.61 Å². The van der Waals surface area contributed by atoms with Crippen LogP contribution in [0.5, 0.6) is 0 Å². The van der Waals surface area contributed by atoms with Crippen molar-refractivity contribution < 1.29 is 9.53 Å². The molecule has 78 valence electrons. The molecule has 0 fully saturated rings. The number of hydrogen-bond donors (Lipinski definition) is 0. The van der Waals surface area contributed by atoms with Crippen LogP contribution in [0.25, 0.3) is 0 Å². The number of carbonyl (C=O) groups is 1. The van der Waals surface area contributed by atoms with Crippen LogP contribution >= 0.6 is 11.3 Å². The van der Waals surface area contributed by atoms with Gasteiger partial charge in [0.25, 0.3) is 0 Å². The van der Waals surface area contributed by atoms with E-state index < -0.39 is 0 Å². The second-order valence-corrected chi connectivity index (χ2v) is 4.08. The van der Waals surface area contributed by atoms with Gasteiger partial charge in [-0.15, -0.1) is 0 Å². The molecule has 0 unspecified atom stereocenters. The molecule has 0 aliphatic carbocycles. The average Bonchev–Trinajstić information content (AvgIpc) is 2.67. The van der Waals surface area contributed by atoms with Crippen LogP contribution in [-0.2, 0) is 9.53 Å². The zero-order valence-electron chi connectivity index (χ0n) is 8.66. The summed E-state index contributed by atoms with van der Waals surface area (Å²) in [7, 11) is 0. The summed E-state index contributed by atoms with van der Waals surface area (Å²) in [6.07, 6.45) is 1.39. The minimum Gasteiger partial charge on any atom is -0.466 e. The molecular weight excluding hydrogens is 196 g/mol. The Balaban J connectivity index is 2.28. The average molecular weight is 212 g/mol. The first kappa shape index (κ1) is 11.2. The smallest absolute Gasteiger partial charge is 0.305 e. The van der Waals surface area contributed by atoms with Gasteiger partial charge in [-0.1, -0.05) is 6.92 Å². The fourth-order valence-electron chi connectivity index (χ4n) is 1.29. The van der Waals surface area contributed by atoms with Crippen LogP contribution in [0.15, 0.2) is 16.8 Å². The molecule has 0 aliphatic heterocycles. The lowest BCUT2D eigenvalue weighted by Gasteiger charge is -2.08. The monoisotopic (exact) mass is 212 g/mol. The Kier molecular flexibility index (Phi) is 4.66. The Hall–Kier alpha value is -0.830. The SMILES string of the molecule is CCOC(=O)CC[C@H](C)c1ccsc1. The molecule has 0 bridgehead atoms. The summed E-state index contributed by atoms with van der Waals surface area (Å²) < 4.78 is 4.87. The van der Waals surface area contributed by atoms with Gasteiger partial charge in [-0.05, 0) is 41.7 Å². The molecule has 1 atom stereocenters. The third-order valence-corrected chi connectivity index (χ3v) is 2.90. The first-order valence-corrected chi connectivity index (χ1v) is 5.86. The number of thiophene rings is 1. The molecule has 0 amide bonds. The molecule has 0 saturated heterocycles. The molecule has 0 spiro atoms. The van der Waals surface area contributed by atoms with Gasteiger partial charge in [0, 0.05) is 6.42 Å². The van der Waals surface area contributed by atoms with E-state index in [1.807, 2.05) is 6.92 Å². The lowest BCUT2D eigenvalue weighted by Crippen LogP contribution is -2.05. The van der Waals surface area contributed by atoms with Crippen LogP contribution in [0.4, 0.5) is 0 Å². The predicted octanol–water partition coefficient (Wildman–Crippen LogP) is 3.19. The third kappa shape index (κ3) is 3.50. The molecule has 14 heavy (non-hydrogen) atoms. The molecular formula is C11H16O2S. The molecule has 0 aliphatic rings. The van der Waals surface area contributed by atoms with Crippen molar-refractivity contribution in [2.45, 2.75) is 32.6 Å². The van der Waals surface area contributed by atoms with E-state index in [1.54, 1.807) is 11.3 Å². The van der Waals surface area contributed by atoms with Crippen LogP contribution in [-0.4, -0.2) is 12.6 Å². The zero-order chi connectivity index (χ0) is 10.4. The maximum Gasteiger partial charge on any atom is 0.305 e. The molecule has 1 rings (SSSR count). The predicted molar refractivity (Wildman–Crippen MR) is 58.6 cm³/mol. The summed E-state index contributed by atoms with van der Waals surface area (Å²) >= 11 is 1.70. The number of hydrogen-bond acceptors (Lipinski definition) is 3. The normalized spacial score (nSPS) is 12.4. The molecule has 0 saturated carbocycles. The highest BCUT2D eigenvalue weighted by molar-refractivity contribution is 7.07. The van der Waals surface area contributed by atoms with E-state index in [0.717, 1.165) is 6.42 Å². The van der Waals surface area contributed by atoms with Crippen LogP contribution < -0.4 is 0 Å². The third-order valence-electron chi connectivity index (χ3n) is 2.20. The summed E-state index contributed by atoms with van der Waals surface area (Å²) in [4.78, 5) is 11.1. The Labute approximate surface area is 88.9 Å². The van der Waals surface area contributed by atoms with Gasteiger partial charge in [0.2, 0.25) is 0 Å². The summed E-state index contributed by atoms with van der Waals surface area (Å²) in [5.74, 6) is 0.361. The number of carbonyl (C=O) groups excluding carboxylic acids is 1. The van der Waals surface area contributed by atoms with E-state index in [0.29, 0.717) is 18.9 Å². The van der Waals surface area contributed by atoms with Gasteiger partial charge in [0.05, 0.1) is 6.61 Å². The van der Waals surface area contributed by atoms with Crippen molar-refractivity contribution in [2.24, 2.45) is 0 Å². The Bertz CT molecular complexity index is 267. The van der Waals surface area contributed by atoms with Crippen LogP contribution in [0.2, 0.25) is 0 Å². The summed E-state index contributed by atoms with van der Waals surface area (Å²) in [6, 6.07) is 2.11. The Morgan fingerprint density at radius 2 is 2.43 bits per heavy atom. The van der Waals surface area contributed by atoms with E-state index in [4.69, 9.17) is 4.74 Å². The van der Waals surface area contributed by atoms with Crippen molar-refractivity contribution in [3.8, 4) is 0 Å². The van der Waals surface area contributed by atoms with E-state index in [1.165, 1.54) is 5.56 Å². The van der Waals surface area contributed by atoms with E-state index in [-0.39, 0.29) is 5.97 Å². The molecule has 0 N–H and O–H groups in total. The van der Waals surface area contributed by atoms with Crippen LogP contribution in [0.1, 0.15) is 38.2 Å². The topological polar surface area (TPSA) is 26.3 Å². The van der Waals surface area contributed by atoms with Crippen molar-refractivity contribution >= 4 is 17.3 Å². The Morgan fingerprint density at radius 3 is 3.00 bits per heavy atom. The van der Waals surface area contributed by atoms with E-state index in [2.05, 4.69) is 23.8 Å². The van der Waals surface area contributed by atoms with Crippen molar-refractivity contribution in [3.05, 3.63) is 22.4 Å². The first-order valence-electron chi connectivity index (χ1n) is 4.91. The lowest BCUT2D eigenvalue weighted by atomic mass is 9.99. The molecule has 3 heteroatoms. The minimum atomic E-state index is -0.0884. The van der Waals surface area contributed by atoms with Gasteiger partial charge in [-0.3, -0.25) is 4.79 Å². The number of rotatable bonds is 5. The van der Waals surface area contributed by atoms with Gasteiger partial charge < -0.3 is 4.74 Å². The van der Waals surface area contributed by atoms with Crippen LogP contribution in [0, 0.1) is 0 Å². The maximum absolute atomic E-state index is 11.1. The second kappa shape index (κ2) is 5.81. The van der Waals surface area contributed by atoms with Crippen LogP contribution in [0.3, 0.4) is 0 Å². The van der Waals surface area contributed by atoms with E-state index in [9.17, 15) is 4.79 Å². The number of ether oxygens (including phenoxy) is 1. The van der Waals surface area contributed by atoms with Gasteiger partial charge in [0.1, 0.15) is 0 Å². The van der Waals surface area contributed by atoms with Gasteiger partial charge >= 0.3 is 5.97 Å². The lowest BCUT2D eigenvalue weighted by molar-refractivity contribution is -0.143. The first-order chi connectivity index (χ1) is 6.74. The standard InChI is InChI=1S/C11H16O2S/c1-3-13-11(12)5-4-9(2)10-6-7-14-8-10/h6-9H,3-5H2,1-2H3/t9-/m0/s1. The molecule has 2 nitrogen and oxygen atoms in total. The van der Waals surface area contributed by atoms with Gasteiger partial charge in [0.15, 0.2) is 0 Å². The zero-order valence-corrected chi connectivity index (χ0v) is 9.47. The van der Waals surface area contributed by atoms with E-state index >= 15 is 0 Å². The molecule has 0 aromatic carbocycles. The largest absolute Gasteiger partial charge is 0.466 e. The van der Waals surface area contributed by atoms with Gasteiger partial charge in [-0.2, -0.15) is 11.3 Å². The molecule has 1 aromatic heterocycles.